The van der Waals surface area contributed by atoms with Crippen LogP contribution in [0.15, 0.2) is 79.9 Å². The van der Waals surface area contributed by atoms with Crippen molar-refractivity contribution in [3.05, 3.63) is 85.5 Å². The Morgan fingerprint density at radius 3 is 2.64 bits per heavy atom. The minimum atomic E-state index is -0.917. The number of hydrogen-bond donors (Lipinski definition) is 1. The molecule has 3 aliphatic heterocycles. The Bertz CT molecular complexity index is 1600. The molecule has 2 aromatic carbocycles. The van der Waals surface area contributed by atoms with Crippen molar-refractivity contribution in [2.24, 2.45) is 11.8 Å². The van der Waals surface area contributed by atoms with Crippen molar-refractivity contribution in [3.63, 3.8) is 0 Å². The summed E-state index contributed by atoms with van der Waals surface area (Å²) < 4.78 is 5.77. The number of aliphatic hydroxyl groups is 1. The summed E-state index contributed by atoms with van der Waals surface area (Å²) in [4.78, 5) is 46.3. The van der Waals surface area contributed by atoms with E-state index in [9.17, 15) is 19.5 Å². The fraction of sp³-hybridized carbons (Fsp3) is 0.424. The first kappa shape index (κ1) is 30.1. The first-order valence-corrected chi connectivity index (χ1v) is 15.7. The van der Waals surface area contributed by atoms with Crippen LogP contribution < -0.4 is 0 Å². The molecule has 1 N–H and O–H groups in total. The van der Waals surface area contributed by atoms with Gasteiger partial charge in [0.05, 0.1) is 34.7 Å². The molecule has 3 fully saturated rings. The predicted octanol–water partition coefficient (Wildman–Crippen LogP) is 3.22. The van der Waals surface area contributed by atoms with Gasteiger partial charge in [0.1, 0.15) is 24.8 Å². The number of thioether (sulfide) groups is 1. The van der Waals surface area contributed by atoms with Crippen LogP contribution in [-0.4, -0.2) is 89.0 Å². The van der Waals surface area contributed by atoms with Crippen molar-refractivity contribution in [3.8, 4) is 0 Å². The summed E-state index contributed by atoms with van der Waals surface area (Å²) in [5, 5.41) is 19.3. The number of hydrogen-bond acceptors (Lipinski definition) is 8. The first-order valence-electron chi connectivity index (χ1n) is 14.9. The van der Waals surface area contributed by atoms with E-state index in [-0.39, 0.29) is 38.2 Å². The zero-order chi connectivity index (χ0) is 31.1. The van der Waals surface area contributed by atoms with Crippen LogP contribution in [0, 0.1) is 11.8 Å². The number of amides is 2. The zero-order valence-corrected chi connectivity index (χ0v) is 25.6. The fourth-order valence-corrected chi connectivity index (χ4v) is 9.82. The maximum absolute atomic E-state index is 14.9. The van der Waals surface area contributed by atoms with Gasteiger partial charge in [-0.1, -0.05) is 66.4 Å². The fourth-order valence-electron chi connectivity index (χ4n) is 7.49. The number of fused-ring (bicyclic) bond motifs is 2. The van der Waals surface area contributed by atoms with Crippen molar-refractivity contribution in [1.29, 1.82) is 0 Å². The molecule has 4 heterocycles. The second-order valence-corrected chi connectivity index (χ2v) is 13.9. The molecule has 44 heavy (non-hydrogen) atoms. The molecular weight excluding hydrogens is 578 g/mol. The molecule has 2 unspecified atom stereocenters. The highest BCUT2D eigenvalue weighted by atomic mass is 32.2. The number of rotatable bonds is 12. The molecule has 3 saturated heterocycles. The standard InChI is InChI=1S/C33H37N5O5S/c1-4-17-36(21-37-25-14-10-9-13-24(25)34-35-37)30(41)28-33-16-15-32(3,44-33)27(31(42)43-18-5-2)26(33)29(40)38(28)23(20-39)19-22-11-7-6-8-12-22/h4-14,23,26-28,39H,1-2,15-21H2,3H3/t23-,26+,27-,28?,32+,33?/m1/s1. The van der Waals surface area contributed by atoms with E-state index in [0.29, 0.717) is 24.8 Å². The Morgan fingerprint density at radius 2 is 1.91 bits per heavy atom. The Kier molecular flexibility index (Phi) is 8.10. The lowest BCUT2D eigenvalue weighted by Crippen LogP contribution is -2.58. The summed E-state index contributed by atoms with van der Waals surface area (Å²) in [6.45, 7) is 9.57. The molecule has 0 saturated carbocycles. The largest absolute Gasteiger partial charge is 0.461 e. The summed E-state index contributed by atoms with van der Waals surface area (Å²) >= 11 is 1.57. The van der Waals surface area contributed by atoms with Gasteiger partial charge in [-0.25, -0.2) is 4.68 Å². The van der Waals surface area contributed by atoms with E-state index in [0.717, 1.165) is 11.1 Å². The van der Waals surface area contributed by atoms with Crippen LogP contribution in [0.25, 0.3) is 11.0 Å². The zero-order valence-electron chi connectivity index (χ0n) is 24.7. The highest BCUT2D eigenvalue weighted by molar-refractivity contribution is 8.02. The third-order valence-electron chi connectivity index (χ3n) is 9.35. The van der Waals surface area contributed by atoms with E-state index in [1.807, 2.05) is 61.5 Å². The molecule has 0 radical (unpaired) electrons. The molecular formula is C33H37N5O5S. The summed E-state index contributed by atoms with van der Waals surface area (Å²) in [6, 6.07) is 15.5. The minimum absolute atomic E-state index is 0.0440. The molecule has 6 rings (SSSR count). The summed E-state index contributed by atoms with van der Waals surface area (Å²) in [6.07, 6.45) is 4.76. The lowest BCUT2D eigenvalue weighted by atomic mass is 9.66. The number of ether oxygens (including phenoxy) is 1. The van der Waals surface area contributed by atoms with Gasteiger partial charge in [-0.2, -0.15) is 0 Å². The molecule has 3 aromatic rings. The van der Waals surface area contributed by atoms with E-state index in [1.54, 1.807) is 32.3 Å². The van der Waals surface area contributed by atoms with Gasteiger partial charge in [0.15, 0.2) is 0 Å². The lowest BCUT2D eigenvalue weighted by Gasteiger charge is -2.39. The van der Waals surface area contributed by atoms with E-state index >= 15 is 0 Å². The average molecular weight is 616 g/mol. The van der Waals surface area contributed by atoms with Gasteiger partial charge >= 0.3 is 5.97 Å². The van der Waals surface area contributed by atoms with E-state index in [4.69, 9.17) is 4.74 Å². The van der Waals surface area contributed by atoms with Gasteiger partial charge in [-0.05, 0) is 43.9 Å². The van der Waals surface area contributed by atoms with E-state index in [2.05, 4.69) is 23.5 Å². The number of para-hydroxylation sites is 1. The second-order valence-electron chi connectivity index (χ2n) is 12.0. The molecule has 2 bridgehead atoms. The van der Waals surface area contributed by atoms with Gasteiger partial charge in [0.25, 0.3) is 0 Å². The molecule has 2 amide bonds. The Balaban J connectivity index is 1.43. The van der Waals surface area contributed by atoms with Gasteiger partial charge in [-0.3, -0.25) is 14.4 Å². The maximum Gasteiger partial charge on any atom is 0.311 e. The van der Waals surface area contributed by atoms with Crippen molar-refractivity contribution in [2.45, 2.75) is 54.4 Å². The van der Waals surface area contributed by atoms with Crippen molar-refractivity contribution in [2.75, 3.05) is 19.8 Å². The molecule has 1 aromatic heterocycles. The lowest BCUT2D eigenvalue weighted by molar-refractivity contribution is -0.155. The van der Waals surface area contributed by atoms with Gasteiger partial charge in [-0.15, -0.1) is 23.4 Å². The molecule has 10 nitrogen and oxygen atoms in total. The Morgan fingerprint density at radius 1 is 1.16 bits per heavy atom. The van der Waals surface area contributed by atoms with Gasteiger partial charge in [0.2, 0.25) is 11.8 Å². The normalized spacial score (nSPS) is 27.7. The number of carbonyl (C=O) groups is 3. The predicted molar refractivity (Wildman–Crippen MR) is 167 cm³/mol. The number of aromatic nitrogens is 3. The smallest absolute Gasteiger partial charge is 0.311 e. The number of benzene rings is 2. The quantitative estimate of drug-likeness (QED) is 0.244. The van der Waals surface area contributed by atoms with Crippen molar-refractivity contribution >= 4 is 40.6 Å². The molecule has 0 aliphatic carbocycles. The minimum Gasteiger partial charge on any atom is -0.461 e. The van der Waals surface area contributed by atoms with Crippen LogP contribution in [0.1, 0.15) is 25.3 Å². The van der Waals surface area contributed by atoms with Crippen LogP contribution in [0.4, 0.5) is 0 Å². The highest BCUT2D eigenvalue weighted by Crippen LogP contribution is 2.71. The Hall–Kier alpha value is -3.96. The molecule has 230 valence electrons. The average Bonchev–Trinajstić information content (AvgIpc) is 3.74. The van der Waals surface area contributed by atoms with E-state index in [1.165, 1.54) is 6.08 Å². The molecule has 11 heteroatoms. The summed E-state index contributed by atoms with van der Waals surface area (Å²) in [5.41, 5.74) is 2.41. The number of carbonyl (C=O) groups excluding carboxylic acids is 3. The van der Waals surface area contributed by atoms with Crippen LogP contribution in [0.2, 0.25) is 0 Å². The van der Waals surface area contributed by atoms with Crippen LogP contribution in [-0.2, 0) is 32.2 Å². The SMILES string of the molecule is C=CCOC(=O)[C@H]1[C@H]2C(=O)N([C@@H](CO)Cc3ccccc3)C(C(=O)N(CC=C)Cn3nnc4ccccc43)C23CC[C@]1(C)S3. The first-order chi connectivity index (χ1) is 21.3. The van der Waals surface area contributed by atoms with E-state index < -0.39 is 39.4 Å². The molecule has 1 spiro atoms. The van der Waals surface area contributed by atoms with Gasteiger partial charge < -0.3 is 19.6 Å². The van der Waals surface area contributed by atoms with Crippen LogP contribution in [0.3, 0.4) is 0 Å². The highest BCUT2D eigenvalue weighted by Gasteiger charge is 2.78. The number of aliphatic hydroxyl groups excluding tert-OH is 1. The Labute approximate surface area is 260 Å². The third-order valence-corrected chi connectivity index (χ3v) is 11.3. The topological polar surface area (TPSA) is 118 Å². The van der Waals surface area contributed by atoms with Crippen LogP contribution in [0.5, 0.6) is 0 Å². The third kappa shape index (κ3) is 4.82. The molecule has 3 aliphatic rings. The van der Waals surface area contributed by atoms with Crippen LogP contribution >= 0.6 is 11.8 Å². The second kappa shape index (κ2) is 11.9. The number of esters is 1. The monoisotopic (exact) mass is 615 g/mol. The maximum atomic E-state index is 14.9. The van der Waals surface area contributed by atoms with Crippen molar-refractivity contribution < 1.29 is 24.2 Å². The summed E-state index contributed by atoms with van der Waals surface area (Å²) in [7, 11) is 0. The number of likely N-dealkylation sites (tertiary alicyclic amines) is 1. The van der Waals surface area contributed by atoms with Crippen molar-refractivity contribution in [1.82, 2.24) is 24.8 Å². The summed E-state index contributed by atoms with van der Waals surface area (Å²) in [5.74, 6) is -2.51. The number of nitrogens with zero attached hydrogens (tertiary/aromatic N) is 5. The van der Waals surface area contributed by atoms with Gasteiger partial charge in [0, 0.05) is 11.3 Å². The molecule has 6 atom stereocenters.